The van der Waals surface area contributed by atoms with Crippen molar-refractivity contribution in [3.8, 4) is 0 Å². The molecular formula is C8H8BNO4. The summed E-state index contributed by atoms with van der Waals surface area (Å²) < 4.78 is 0. The van der Waals surface area contributed by atoms with Gasteiger partial charge < -0.3 is 15.8 Å². The third-order valence-corrected chi connectivity index (χ3v) is 1.69. The van der Waals surface area contributed by atoms with Crippen LogP contribution in [0.2, 0.25) is 0 Å². The fraction of sp³-hybridized carbons (Fsp3) is 0. The standard InChI is InChI=1S/C8H8BNO4/c10-8(12)7(11)5-1-3-6(4-2-5)9(13)14/h1-4,13-14H,(H2,10,12). The maximum atomic E-state index is 11.0. The SMILES string of the molecule is NC(=O)C(=O)c1ccc(B(O)O)cc1. The van der Waals surface area contributed by atoms with Gasteiger partial charge in [-0.2, -0.15) is 0 Å². The van der Waals surface area contributed by atoms with Gasteiger partial charge in [0.15, 0.2) is 0 Å². The van der Waals surface area contributed by atoms with Gasteiger partial charge in [-0.25, -0.2) is 0 Å². The predicted octanol–water partition coefficient (Wildman–Crippen LogP) is -1.97. The third kappa shape index (κ3) is 2.18. The van der Waals surface area contributed by atoms with Gasteiger partial charge in [0.1, 0.15) is 0 Å². The molecule has 0 aliphatic carbocycles. The average Bonchev–Trinajstić information content (AvgIpc) is 2.16. The summed E-state index contributed by atoms with van der Waals surface area (Å²) in [5.41, 5.74) is 5.15. The largest absolute Gasteiger partial charge is 0.488 e. The number of ketones is 1. The Morgan fingerprint density at radius 3 is 2.00 bits per heavy atom. The summed E-state index contributed by atoms with van der Waals surface area (Å²) in [5.74, 6) is -1.84. The molecule has 1 amide bonds. The van der Waals surface area contributed by atoms with E-state index in [1.54, 1.807) is 0 Å². The third-order valence-electron chi connectivity index (χ3n) is 1.69. The summed E-state index contributed by atoms with van der Waals surface area (Å²) in [5, 5.41) is 17.5. The molecule has 0 spiro atoms. The summed E-state index contributed by atoms with van der Waals surface area (Å²) in [6, 6.07) is 5.28. The van der Waals surface area contributed by atoms with Gasteiger partial charge in [0.25, 0.3) is 5.91 Å². The summed E-state index contributed by atoms with van der Waals surface area (Å²) in [4.78, 5) is 21.5. The van der Waals surface area contributed by atoms with E-state index in [0.29, 0.717) is 0 Å². The zero-order valence-corrected chi connectivity index (χ0v) is 7.18. The molecule has 0 atom stereocenters. The Hall–Kier alpha value is -1.66. The maximum Gasteiger partial charge on any atom is 0.488 e. The van der Waals surface area contributed by atoms with Crippen LogP contribution in [-0.2, 0) is 4.79 Å². The minimum atomic E-state index is -1.59. The second-order valence-electron chi connectivity index (χ2n) is 2.69. The molecule has 0 aliphatic heterocycles. The van der Waals surface area contributed by atoms with Crippen molar-refractivity contribution in [1.29, 1.82) is 0 Å². The van der Waals surface area contributed by atoms with Crippen molar-refractivity contribution in [1.82, 2.24) is 0 Å². The predicted molar refractivity (Wildman–Crippen MR) is 49.8 cm³/mol. The lowest BCUT2D eigenvalue weighted by molar-refractivity contribution is -0.114. The lowest BCUT2D eigenvalue weighted by atomic mass is 9.80. The van der Waals surface area contributed by atoms with Gasteiger partial charge in [0.05, 0.1) is 0 Å². The number of Topliss-reactive ketones (excluding diaryl/α,β-unsaturated/α-hetero) is 1. The van der Waals surface area contributed by atoms with E-state index < -0.39 is 18.8 Å². The molecule has 0 unspecified atom stereocenters. The molecule has 0 aromatic heterocycles. The topological polar surface area (TPSA) is 101 Å². The van der Waals surface area contributed by atoms with Gasteiger partial charge in [-0.3, -0.25) is 9.59 Å². The number of rotatable bonds is 3. The first-order valence-corrected chi connectivity index (χ1v) is 3.82. The molecule has 0 saturated heterocycles. The average molecular weight is 193 g/mol. The highest BCUT2D eigenvalue weighted by atomic mass is 16.4. The van der Waals surface area contributed by atoms with Crippen molar-refractivity contribution >= 4 is 24.3 Å². The fourth-order valence-electron chi connectivity index (χ4n) is 0.949. The highest BCUT2D eigenvalue weighted by Gasteiger charge is 2.14. The molecule has 0 aliphatic rings. The van der Waals surface area contributed by atoms with E-state index in [1.165, 1.54) is 24.3 Å². The molecule has 1 rings (SSSR count). The van der Waals surface area contributed by atoms with Crippen LogP contribution in [0.5, 0.6) is 0 Å². The zero-order valence-electron chi connectivity index (χ0n) is 7.18. The van der Waals surface area contributed by atoms with E-state index in [4.69, 9.17) is 15.8 Å². The molecule has 6 heteroatoms. The molecule has 0 saturated carbocycles. The summed E-state index contributed by atoms with van der Waals surface area (Å²) >= 11 is 0. The number of primary amides is 1. The van der Waals surface area contributed by atoms with Gasteiger partial charge in [0.2, 0.25) is 5.78 Å². The number of amides is 1. The van der Waals surface area contributed by atoms with E-state index in [-0.39, 0.29) is 11.0 Å². The molecule has 0 bridgehead atoms. The van der Waals surface area contributed by atoms with Crippen LogP contribution in [0.4, 0.5) is 0 Å². The Morgan fingerprint density at radius 2 is 1.64 bits per heavy atom. The van der Waals surface area contributed by atoms with Crippen LogP contribution in [0.3, 0.4) is 0 Å². The summed E-state index contributed by atoms with van der Waals surface area (Å²) in [6.07, 6.45) is 0. The quantitative estimate of drug-likeness (QED) is 0.294. The summed E-state index contributed by atoms with van der Waals surface area (Å²) in [7, 11) is -1.59. The normalized spacial score (nSPS) is 9.57. The van der Waals surface area contributed by atoms with Crippen molar-refractivity contribution in [2.75, 3.05) is 0 Å². The number of carbonyl (C=O) groups is 2. The lowest BCUT2D eigenvalue weighted by Crippen LogP contribution is -2.30. The zero-order chi connectivity index (χ0) is 10.7. The van der Waals surface area contributed by atoms with Gasteiger partial charge in [0, 0.05) is 5.56 Å². The molecule has 4 N–H and O–H groups in total. The van der Waals surface area contributed by atoms with Crippen molar-refractivity contribution in [3.63, 3.8) is 0 Å². The Balaban J connectivity index is 2.94. The van der Waals surface area contributed by atoms with E-state index in [0.717, 1.165) is 0 Å². The molecule has 1 aromatic rings. The monoisotopic (exact) mass is 193 g/mol. The van der Waals surface area contributed by atoms with Crippen LogP contribution < -0.4 is 11.2 Å². The second-order valence-corrected chi connectivity index (χ2v) is 2.69. The molecule has 5 nitrogen and oxygen atoms in total. The smallest absolute Gasteiger partial charge is 0.423 e. The van der Waals surface area contributed by atoms with Crippen LogP contribution in [-0.4, -0.2) is 28.9 Å². The Kier molecular flexibility index (Phi) is 3.01. The molecule has 1 aromatic carbocycles. The van der Waals surface area contributed by atoms with E-state index in [1.807, 2.05) is 0 Å². The van der Waals surface area contributed by atoms with Crippen LogP contribution >= 0.6 is 0 Å². The van der Waals surface area contributed by atoms with Crippen molar-refractivity contribution in [2.24, 2.45) is 5.73 Å². The van der Waals surface area contributed by atoms with Crippen LogP contribution in [0.25, 0.3) is 0 Å². The van der Waals surface area contributed by atoms with E-state index >= 15 is 0 Å². The molecule has 14 heavy (non-hydrogen) atoms. The molecule has 0 radical (unpaired) electrons. The van der Waals surface area contributed by atoms with Crippen molar-refractivity contribution in [2.45, 2.75) is 0 Å². The minimum absolute atomic E-state index is 0.127. The highest BCUT2D eigenvalue weighted by Crippen LogP contribution is 1.98. The first-order chi connectivity index (χ1) is 6.52. The van der Waals surface area contributed by atoms with Gasteiger partial charge >= 0.3 is 7.12 Å². The highest BCUT2D eigenvalue weighted by molar-refractivity contribution is 6.58. The van der Waals surface area contributed by atoms with Gasteiger partial charge in [-0.1, -0.05) is 24.3 Å². The molecule has 0 fully saturated rings. The van der Waals surface area contributed by atoms with Crippen LogP contribution in [0.1, 0.15) is 10.4 Å². The van der Waals surface area contributed by atoms with E-state index in [2.05, 4.69) is 0 Å². The Morgan fingerprint density at radius 1 is 1.14 bits per heavy atom. The Labute approximate surface area is 80.3 Å². The number of hydrogen-bond acceptors (Lipinski definition) is 4. The lowest BCUT2D eigenvalue weighted by Gasteiger charge is -2.00. The number of benzene rings is 1. The molecule has 0 heterocycles. The number of nitrogens with two attached hydrogens (primary N) is 1. The summed E-state index contributed by atoms with van der Waals surface area (Å²) in [6.45, 7) is 0. The van der Waals surface area contributed by atoms with Crippen molar-refractivity contribution < 1.29 is 19.6 Å². The first kappa shape index (κ1) is 10.4. The number of carbonyl (C=O) groups excluding carboxylic acids is 2. The minimum Gasteiger partial charge on any atom is -0.423 e. The van der Waals surface area contributed by atoms with Crippen molar-refractivity contribution in [3.05, 3.63) is 29.8 Å². The fourth-order valence-corrected chi connectivity index (χ4v) is 0.949. The van der Waals surface area contributed by atoms with E-state index in [9.17, 15) is 9.59 Å². The number of hydrogen-bond donors (Lipinski definition) is 3. The van der Waals surface area contributed by atoms with Crippen LogP contribution in [0.15, 0.2) is 24.3 Å². The second kappa shape index (κ2) is 4.04. The molecular weight excluding hydrogens is 185 g/mol. The van der Waals surface area contributed by atoms with Gasteiger partial charge in [-0.05, 0) is 5.46 Å². The maximum absolute atomic E-state index is 11.0. The molecule has 72 valence electrons. The van der Waals surface area contributed by atoms with Gasteiger partial charge in [-0.15, -0.1) is 0 Å². The van der Waals surface area contributed by atoms with Crippen LogP contribution in [0, 0.1) is 0 Å². The Bertz CT molecular complexity index is 360. The first-order valence-electron chi connectivity index (χ1n) is 3.82.